The predicted octanol–water partition coefficient (Wildman–Crippen LogP) is 2.40. The molecule has 0 aliphatic carbocycles. The number of carboxylic acids is 1. The molecule has 0 saturated heterocycles. The zero-order chi connectivity index (χ0) is 14.7. The number of para-hydroxylation sites is 1. The fourth-order valence-corrected chi connectivity index (χ4v) is 2.64. The molecule has 0 saturated carbocycles. The van der Waals surface area contributed by atoms with Gasteiger partial charge in [0.25, 0.3) is 0 Å². The second kappa shape index (κ2) is 5.94. The highest BCUT2D eigenvalue weighted by Gasteiger charge is 2.32. The van der Waals surface area contributed by atoms with Gasteiger partial charge in [-0.05, 0) is 31.4 Å². The lowest BCUT2D eigenvalue weighted by Gasteiger charge is -2.25. The topological polar surface area (TPSA) is 69.6 Å². The van der Waals surface area contributed by atoms with Crippen LogP contribution >= 0.6 is 0 Å². The largest absolute Gasteiger partial charge is 0.480 e. The van der Waals surface area contributed by atoms with Crippen molar-refractivity contribution in [3.8, 4) is 0 Å². The average molecular weight is 276 g/mol. The van der Waals surface area contributed by atoms with E-state index in [4.69, 9.17) is 5.11 Å². The van der Waals surface area contributed by atoms with E-state index in [0.29, 0.717) is 12.8 Å². The van der Waals surface area contributed by atoms with E-state index in [-0.39, 0.29) is 12.1 Å². The number of rotatable bonds is 4. The molecule has 0 radical (unpaired) electrons. The molecule has 0 aromatic heterocycles. The van der Waals surface area contributed by atoms with Crippen molar-refractivity contribution in [1.82, 2.24) is 5.32 Å². The van der Waals surface area contributed by atoms with Gasteiger partial charge in [-0.3, -0.25) is 4.90 Å². The van der Waals surface area contributed by atoms with E-state index in [1.165, 1.54) is 0 Å². The molecule has 1 aromatic carbocycles. The van der Waals surface area contributed by atoms with Gasteiger partial charge in [0, 0.05) is 11.7 Å². The number of carboxylic acid groups (broad SMARTS) is 1. The summed E-state index contributed by atoms with van der Waals surface area (Å²) in [4.78, 5) is 25.1. The van der Waals surface area contributed by atoms with Gasteiger partial charge < -0.3 is 10.4 Å². The number of hydrogen-bond donors (Lipinski definition) is 2. The highest BCUT2D eigenvalue weighted by Crippen LogP contribution is 2.31. The molecular formula is C15H20N2O3. The summed E-state index contributed by atoms with van der Waals surface area (Å²) >= 11 is 0. The van der Waals surface area contributed by atoms with Crippen molar-refractivity contribution in [3.63, 3.8) is 0 Å². The van der Waals surface area contributed by atoms with Crippen molar-refractivity contribution in [3.05, 3.63) is 29.8 Å². The van der Waals surface area contributed by atoms with Crippen LogP contribution in [0.5, 0.6) is 0 Å². The third-order valence-corrected chi connectivity index (χ3v) is 3.60. The molecule has 1 aliphatic rings. The van der Waals surface area contributed by atoms with Crippen molar-refractivity contribution in [1.29, 1.82) is 0 Å². The monoisotopic (exact) mass is 276 g/mol. The first-order valence-corrected chi connectivity index (χ1v) is 6.95. The molecule has 0 fully saturated rings. The Hall–Kier alpha value is -2.04. The van der Waals surface area contributed by atoms with Gasteiger partial charge in [-0.15, -0.1) is 0 Å². The van der Waals surface area contributed by atoms with E-state index < -0.39 is 12.0 Å². The predicted molar refractivity (Wildman–Crippen MR) is 77.0 cm³/mol. The molecular weight excluding hydrogens is 256 g/mol. The number of benzene rings is 1. The Balaban J connectivity index is 2.15. The summed E-state index contributed by atoms with van der Waals surface area (Å²) in [6.07, 6.45) is 1.95. The van der Waals surface area contributed by atoms with Crippen molar-refractivity contribution >= 4 is 17.7 Å². The van der Waals surface area contributed by atoms with Crippen LogP contribution in [-0.2, 0) is 11.2 Å². The smallest absolute Gasteiger partial charge is 0.326 e. The quantitative estimate of drug-likeness (QED) is 0.887. The van der Waals surface area contributed by atoms with E-state index in [2.05, 4.69) is 5.32 Å². The van der Waals surface area contributed by atoms with Gasteiger partial charge in [-0.1, -0.05) is 31.5 Å². The molecule has 5 heteroatoms. The fourth-order valence-electron chi connectivity index (χ4n) is 2.64. The van der Waals surface area contributed by atoms with Crippen LogP contribution in [0.3, 0.4) is 0 Å². The van der Waals surface area contributed by atoms with E-state index in [9.17, 15) is 9.59 Å². The highest BCUT2D eigenvalue weighted by atomic mass is 16.4. The Kier molecular flexibility index (Phi) is 4.27. The van der Waals surface area contributed by atoms with Crippen LogP contribution in [0.15, 0.2) is 24.3 Å². The number of hydrogen-bond acceptors (Lipinski definition) is 2. The Labute approximate surface area is 118 Å². The van der Waals surface area contributed by atoms with Crippen LogP contribution in [0.2, 0.25) is 0 Å². The van der Waals surface area contributed by atoms with E-state index in [0.717, 1.165) is 17.7 Å². The number of nitrogens with one attached hydrogen (secondary N) is 1. The lowest BCUT2D eigenvalue weighted by Crippen LogP contribution is -2.49. The first-order valence-electron chi connectivity index (χ1n) is 6.95. The normalized spacial score (nSPS) is 18.5. The third-order valence-electron chi connectivity index (χ3n) is 3.60. The third kappa shape index (κ3) is 2.76. The molecule has 0 spiro atoms. The molecule has 108 valence electrons. The van der Waals surface area contributed by atoms with Crippen molar-refractivity contribution in [2.45, 2.75) is 45.2 Å². The maximum Gasteiger partial charge on any atom is 0.326 e. The Bertz CT molecular complexity index is 516. The lowest BCUT2D eigenvalue weighted by molar-refractivity contribution is -0.139. The number of anilines is 1. The van der Waals surface area contributed by atoms with Crippen LogP contribution in [0, 0.1) is 0 Å². The van der Waals surface area contributed by atoms with E-state index >= 15 is 0 Å². The van der Waals surface area contributed by atoms with Crippen molar-refractivity contribution < 1.29 is 14.7 Å². The van der Waals surface area contributed by atoms with E-state index in [1.54, 1.807) is 4.90 Å². The Morgan fingerprint density at radius 3 is 2.80 bits per heavy atom. The van der Waals surface area contributed by atoms with Gasteiger partial charge >= 0.3 is 12.0 Å². The van der Waals surface area contributed by atoms with Crippen molar-refractivity contribution in [2.24, 2.45) is 0 Å². The lowest BCUT2D eigenvalue weighted by atomic mass is 10.1. The summed E-state index contributed by atoms with van der Waals surface area (Å²) in [5.74, 6) is -0.986. The van der Waals surface area contributed by atoms with Crippen LogP contribution < -0.4 is 10.2 Å². The zero-order valence-electron chi connectivity index (χ0n) is 11.8. The van der Waals surface area contributed by atoms with Gasteiger partial charge in [0.05, 0.1) is 0 Å². The van der Waals surface area contributed by atoms with Crippen LogP contribution in [-0.4, -0.2) is 29.2 Å². The molecule has 2 amide bonds. The van der Waals surface area contributed by atoms with Gasteiger partial charge in [0.2, 0.25) is 0 Å². The minimum atomic E-state index is -0.986. The first-order chi connectivity index (χ1) is 9.54. The molecule has 1 aliphatic heterocycles. The number of carbonyl (C=O) groups excluding carboxylic acids is 1. The number of amides is 2. The summed E-state index contributed by atoms with van der Waals surface area (Å²) in [7, 11) is 0. The second-order valence-electron chi connectivity index (χ2n) is 5.18. The van der Waals surface area contributed by atoms with E-state index in [1.807, 2.05) is 38.1 Å². The number of urea groups is 1. The molecule has 2 N–H and O–H groups in total. The molecule has 5 nitrogen and oxygen atoms in total. The minimum absolute atomic E-state index is 0.0449. The van der Waals surface area contributed by atoms with Crippen LogP contribution in [0.25, 0.3) is 0 Å². The van der Waals surface area contributed by atoms with Crippen LogP contribution in [0.1, 0.15) is 32.3 Å². The second-order valence-corrected chi connectivity index (χ2v) is 5.18. The number of nitrogens with zero attached hydrogens (tertiary/aromatic N) is 1. The molecule has 2 rings (SSSR count). The summed E-state index contributed by atoms with van der Waals surface area (Å²) < 4.78 is 0. The molecule has 2 atom stereocenters. The maximum absolute atomic E-state index is 12.4. The van der Waals surface area contributed by atoms with Gasteiger partial charge in [0.1, 0.15) is 6.04 Å². The minimum Gasteiger partial charge on any atom is -0.480 e. The molecule has 20 heavy (non-hydrogen) atoms. The summed E-state index contributed by atoms with van der Waals surface area (Å²) in [5, 5.41) is 11.7. The highest BCUT2D eigenvalue weighted by molar-refractivity contribution is 5.96. The number of aliphatic carboxylic acids is 1. The SMILES string of the molecule is CCCC(NC(=O)N1c2ccccc2CC1C)C(=O)O. The molecule has 1 heterocycles. The molecule has 1 aromatic rings. The Morgan fingerprint density at radius 2 is 2.15 bits per heavy atom. The van der Waals surface area contributed by atoms with Crippen molar-refractivity contribution in [2.75, 3.05) is 4.90 Å². The summed E-state index contributed by atoms with van der Waals surface area (Å²) in [6.45, 7) is 3.87. The average Bonchev–Trinajstić information content (AvgIpc) is 2.73. The number of carbonyl (C=O) groups is 2. The fraction of sp³-hybridized carbons (Fsp3) is 0.467. The molecule has 0 bridgehead atoms. The standard InChI is InChI=1S/C15H20N2O3/c1-3-6-12(14(18)19)16-15(20)17-10(2)9-11-7-4-5-8-13(11)17/h4-5,7-8,10,12H,3,6,9H2,1-2H3,(H,16,20)(H,18,19). The summed E-state index contributed by atoms with van der Waals surface area (Å²) in [5.41, 5.74) is 2.00. The van der Waals surface area contributed by atoms with Crippen LogP contribution in [0.4, 0.5) is 10.5 Å². The maximum atomic E-state index is 12.4. The first kappa shape index (κ1) is 14.4. The summed E-state index contributed by atoms with van der Waals surface area (Å²) in [6, 6.07) is 6.62. The molecule has 2 unspecified atom stereocenters. The van der Waals surface area contributed by atoms with Gasteiger partial charge in [-0.2, -0.15) is 0 Å². The Morgan fingerprint density at radius 1 is 1.45 bits per heavy atom. The van der Waals surface area contributed by atoms with Gasteiger partial charge in [-0.25, -0.2) is 9.59 Å². The number of fused-ring (bicyclic) bond motifs is 1. The zero-order valence-corrected chi connectivity index (χ0v) is 11.8. The van der Waals surface area contributed by atoms with Gasteiger partial charge in [0.15, 0.2) is 0 Å².